The van der Waals surface area contributed by atoms with Gasteiger partial charge in [-0.1, -0.05) is 70.5 Å². The van der Waals surface area contributed by atoms with Gasteiger partial charge in [-0.05, 0) is 70.1 Å². The third-order valence-electron chi connectivity index (χ3n) is 7.10. The number of allylic oxidation sites excluding steroid dienone is 1. The van der Waals surface area contributed by atoms with Gasteiger partial charge in [-0.15, -0.1) is 0 Å². The number of methoxy groups -OCH3 is 1. The Morgan fingerprint density at radius 1 is 0.882 bits per heavy atom. The number of carbonyl (C=O) groups excluding carboxylic acids is 1. The normalized spacial score (nSPS) is 19.4. The lowest BCUT2D eigenvalue weighted by Gasteiger charge is -2.37. The van der Waals surface area contributed by atoms with Crippen molar-refractivity contribution in [3.8, 4) is 5.75 Å². The molecule has 1 heterocycles. The van der Waals surface area contributed by atoms with Crippen LogP contribution in [0.25, 0.3) is 16.3 Å². The van der Waals surface area contributed by atoms with Gasteiger partial charge in [0.05, 0.1) is 13.2 Å². The van der Waals surface area contributed by atoms with Crippen molar-refractivity contribution < 1.29 is 9.53 Å². The molecule has 0 fully saturated rings. The maximum absolute atomic E-state index is 13.8. The average Bonchev–Trinajstić information content (AvgIpc) is 2.87. The minimum Gasteiger partial charge on any atom is -0.497 e. The fraction of sp³-hybridized carbons (Fsp3) is 0.167. The third kappa shape index (κ3) is 3.54. The number of ketones is 1. The van der Waals surface area contributed by atoms with Crippen LogP contribution in [0.3, 0.4) is 0 Å². The lowest BCUT2D eigenvalue weighted by atomic mass is 9.71. The first-order chi connectivity index (χ1) is 16.6. The van der Waals surface area contributed by atoms with E-state index >= 15 is 0 Å². The monoisotopic (exact) mass is 509 g/mol. The first kappa shape index (κ1) is 21.2. The zero-order valence-electron chi connectivity index (χ0n) is 18.8. The highest BCUT2D eigenvalue weighted by atomic mass is 79.9. The van der Waals surface area contributed by atoms with Crippen molar-refractivity contribution in [1.29, 1.82) is 0 Å². The highest BCUT2D eigenvalue weighted by Crippen LogP contribution is 2.51. The van der Waals surface area contributed by atoms with Gasteiger partial charge >= 0.3 is 0 Å². The summed E-state index contributed by atoms with van der Waals surface area (Å²) in [5, 5.41) is 6.10. The predicted octanol–water partition coefficient (Wildman–Crippen LogP) is 7.68. The maximum Gasteiger partial charge on any atom is 0.162 e. The van der Waals surface area contributed by atoms with Crippen molar-refractivity contribution in [2.45, 2.75) is 24.8 Å². The van der Waals surface area contributed by atoms with Crippen LogP contribution in [0.2, 0.25) is 0 Å². The van der Waals surface area contributed by atoms with Gasteiger partial charge < -0.3 is 10.1 Å². The van der Waals surface area contributed by atoms with E-state index in [1.807, 2.05) is 24.3 Å². The van der Waals surface area contributed by atoms with Gasteiger partial charge in [0, 0.05) is 27.7 Å². The number of rotatable bonds is 3. The molecular weight excluding hydrogens is 486 g/mol. The molecule has 0 unspecified atom stereocenters. The summed E-state index contributed by atoms with van der Waals surface area (Å²) >= 11 is 3.61. The molecule has 3 nitrogen and oxygen atoms in total. The van der Waals surface area contributed by atoms with E-state index < -0.39 is 0 Å². The van der Waals surface area contributed by atoms with Crippen LogP contribution in [0, 0.1) is 0 Å². The molecule has 4 aromatic carbocycles. The molecule has 34 heavy (non-hydrogen) atoms. The minimum atomic E-state index is -0.162. The lowest BCUT2D eigenvalue weighted by Crippen LogP contribution is -2.29. The second kappa shape index (κ2) is 8.44. The van der Waals surface area contributed by atoms with Crippen LogP contribution < -0.4 is 10.1 Å². The van der Waals surface area contributed by atoms with Gasteiger partial charge in [0.2, 0.25) is 0 Å². The molecular formula is C30H24BrNO2. The Morgan fingerprint density at radius 2 is 1.71 bits per heavy atom. The SMILES string of the molecule is COc1ccc([C@H]2CC(=O)C3=C(C2)c2c(ccc4ccccc24)N[C@H]3c2cccc(Br)c2)cc1. The fourth-order valence-electron chi connectivity index (χ4n) is 5.50. The van der Waals surface area contributed by atoms with Gasteiger partial charge in [-0.3, -0.25) is 4.79 Å². The van der Waals surface area contributed by atoms with Gasteiger partial charge in [0.25, 0.3) is 0 Å². The standard InChI is InChI=1S/C30H24BrNO2/c1-34-23-12-9-18(10-13-23)21-16-25-28-24-8-3-2-5-19(24)11-14-26(28)32-30(29(25)27(33)17-21)20-6-4-7-22(31)15-20/h2-15,21,30,32H,16-17H2,1H3/t21-,30+/m1/s1. The largest absolute Gasteiger partial charge is 0.497 e. The van der Waals surface area contributed by atoms with Crippen molar-refractivity contribution >= 4 is 43.7 Å². The van der Waals surface area contributed by atoms with E-state index in [1.165, 1.54) is 27.5 Å². The highest BCUT2D eigenvalue weighted by molar-refractivity contribution is 9.10. The number of nitrogens with one attached hydrogen (secondary N) is 1. The topological polar surface area (TPSA) is 38.3 Å². The number of carbonyl (C=O) groups is 1. The number of Topliss-reactive ketones (excluding diaryl/α,β-unsaturated/α-hetero) is 1. The Hall–Kier alpha value is -3.37. The Bertz CT molecular complexity index is 1450. The molecule has 2 aliphatic rings. The van der Waals surface area contributed by atoms with Crippen LogP contribution >= 0.6 is 15.9 Å². The number of benzene rings is 4. The number of halogens is 1. The summed E-state index contributed by atoms with van der Waals surface area (Å²) in [5.41, 5.74) is 6.62. The molecule has 4 heteroatoms. The fourth-order valence-corrected chi connectivity index (χ4v) is 5.91. The van der Waals surface area contributed by atoms with Crippen LogP contribution in [-0.4, -0.2) is 12.9 Å². The van der Waals surface area contributed by atoms with E-state index in [4.69, 9.17) is 4.74 Å². The minimum absolute atomic E-state index is 0.144. The molecule has 0 saturated heterocycles. The summed E-state index contributed by atoms with van der Waals surface area (Å²) in [4.78, 5) is 13.8. The van der Waals surface area contributed by atoms with E-state index in [0.29, 0.717) is 6.42 Å². The quantitative estimate of drug-likeness (QED) is 0.307. The molecule has 0 bridgehead atoms. The van der Waals surface area contributed by atoms with Crippen molar-refractivity contribution in [3.63, 3.8) is 0 Å². The van der Waals surface area contributed by atoms with Gasteiger partial charge in [-0.2, -0.15) is 0 Å². The number of hydrogen-bond acceptors (Lipinski definition) is 3. The molecule has 0 amide bonds. The molecule has 168 valence electrons. The Labute approximate surface area is 207 Å². The van der Waals surface area contributed by atoms with Gasteiger partial charge in [0.15, 0.2) is 5.78 Å². The van der Waals surface area contributed by atoms with Gasteiger partial charge in [-0.25, -0.2) is 0 Å². The Balaban J connectivity index is 1.54. The molecule has 1 N–H and O–H groups in total. The Kier molecular flexibility index (Phi) is 5.26. The van der Waals surface area contributed by atoms with E-state index in [0.717, 1.165) is 33.5 Å². The average molecular weight is 510 g/mol. The lowest BCUT2D eigenvalue weighted by molar-refractivity contribution is -0.116. The van der Waals surface area contributed by atoms with E-state index in [-0.39, 0.29) is 17.7 Å². The van der Waals surface area contributed by atoms with E-state index in [9.17, 15) is 4.79 Å². The molecule has 4 aromatic rings. The van der Waals surface area contributed by atoms with E-state index in [2.05, 4.69) is 81.9 Å². The number of anilines is 1. The highest BCUT2D eigenvalue weighted by Gasteiger charge is 2.38. The van der Waals surface area contributed by atoms with Crippen LogP contribution in [-0.2, 0) is 4.79 Å². The first-order valence-electron chi connectivity index (χ1n) is 11.6. The van der Waals surface area contributed by atoms with Crippen molar-refractivity contribution in [2.75, 3.05) is 12.4 Å². The summed E-state index contributed by atoms with van der Waals surface area (Å²) in [6.45, 7) is 0. The molecule has 1 aliphatic carbocycles. The maximum atomic E-state index is 13.8. The van der Waals surface area contributed by atoms with Crippen LogP contribution in [0.1, 0.15) is 41.5 Å². The molecule has 2 atom stereocenters. The molecule has 0 radical (unpaired) electrons. The summed E-state index contributed by atoms with van der Waals surface area (Å²) in [6, 6.07) is 29.0. The zero-order valence-corrected chi connectivity index (χ0v) is 20.4. The summed E-state index contributed by atoms with van der Waals surface area (Å²) in [5.74, 6) is 1.20. The number of ether oxygens (including phenoxy) is 1. The molecule has 0 spiro atoms. The van der Waals surface area contributed by atoms with Crippen LogP contribution in [0.15, 0.2) is 95.0 Å². The van der Waals surface area contributed by atoms with Crippen molar-refractivity contribution in [3.05, 3.63) is 112 Å². The second-order valence-corrected chi connectivity index (χ2v) is 9.95. The summed E-state index contributed by atoms with van der Waals surface area (Å²) < 4.78 is 6.35. The number of hydrogen-bond donors (Lipinski definition) is 1. The summed E-state index contributed by atoms with van der Waals surface area (Å²) in [7, 11) is 1.68. The third-order valence-corrected chi connectivity index (χ3v) is 7.59. The molecule has 0 aromatic heterocycles. The van der Waals surface area contributed by atoms with Crippen molar-refractivity contribution in [1.82, 2.24) is 0 Å². The van der Waals surface area contributed by atoms with Crippen LogP contribution in [0.4, 0.5) is 5.69 Å². The molecule has 6 rings (SSSR count). The first-order valence-corrected chi connectivity index (χ1v) is 12.4. The van der Waals surface area contributed by atoms with Gasteiger partial charge in [0.1, 0.15) is 5.75 Å². The zero-order chi connectivity index (χ0) is 23.2. The molecule has 1 aliphatic heterocycles. The Morgan fingerprint density at radius 3 is 2.50 bits per heavy atom. The summed E-state index contributed by atoms with van der Waals surface area (Å²) in [6.07, 6.45) is 1.35. The predicted molar refractivity (Wildman–Crippen MR) is 141 cm³/mol. The van der Waals surface area contributed by atoms with Crippen LogP contribution in [0.5, 0.6) is 5.75 Å². The molecule has 0 saturated carbocycles. The number of fused-ring (bicyclic) bond motifs is 4. The van der Waals surface area contributed by atoms with Crippen molar-refractivity contribution in [2.24, 2.45) is 0 Å². The smallest absolute Gasteiger partial charge is 0.162 e. The van der Waals surface area contributed by atoms with E-state index in [1.54, 1.807) is 7.11 Å². The second-order valence-electron chi connectivity index (χ2n) is 9.04.